The van der Waals surface area contributed by atoms with E-state index in [4.69, 9.17) is 0 Å². The van der Waals surface area contributed by atoms with Gasteiger partial charge in [0.15, 0.2) is 0 Å². The monoisotopic (exact) mass is 219 g/mol. The van der Waals surface area contributed by atoms with Gasteiger partial charge < -0.3 is 5.11 Å². The second-order valence-electron chi connectivity index (χ2n) is 3.67. The van der Waals surface area contributed by atoms with Crippen LogP contribution in [0.1, 0.15) is 27.7 Å². The van der Waals surface area contributed by atoms with Gasteiger partial charge in [0.1, 0.15) is 6.10 Å². The van der Waals surface area contributed by atoms with E-state index in [0.717, 1.165) is 16.0 Å². The van der Waals surface area contributed by atoms with Crippen LogP contribution in [-0.2, 0) is 0 Å². The molecule has 3 heteroatoms. The van der Waals surface area contributed by atoms with Crippen LogP contribution in [0.4, 0.5) is 0 Å². The molecule has 0 aliphatic heterocycles. The molecule has 1 aromatic carbocycles. The van der Waals surface area contributed by atoms with Crippen LogP contribution in [0.2, 0.25) is 0 Å². The number of thiazole rings is 1. The molecule has 15 heavy (non-hydrogen) atoms. The molecular formula is C12H13NOS. The molecule has 0 bridgehead atoms. The van der Waals surface area contributed by atoms with Gasteiger partial charge in [0.25, 0.3) is 0 Å². The third-order valence-electron chi connectivity index (χ3n) is 2.44. The van der Waals surface area contributed by atoms with Crippen LogP contribution in [0.5, 0.6) is 0 Å². The molecule has 0 spiro atoms. The van der Waals surface area contributed by atoms with Crippen LogP contribution in [0.25, 0.3) is 0 Å². The van der Waals surface area contributed by atoms with Crippen molar-refractivity contribution in [3.8, 4) is 0 Å². The fourth-order valence-corrected chi connectivity index (χ4v) is 2.27. The zero-order valence-corrected chi connectivity index (χ0v) is 9.58. The lowest BCUT2D eigenvalue weighted by molar-refractivity contribution is 0.223. The molecule has 1 aromatic heterocycles. The maximum atomic E-state index is 10.1. The second-order valence-corrected chi connectivity index (χ2v) is 4.58. The van der Waals surface area contributed by atoms with Gasteiger partial charge in [0, 0.05) is 6.20 Å². The van der Waals surface area contributed by atoms with Crippen molar-refractivity contribution in [2.75, 3.05) is 0 Å². The lowest BCUT2D eigenvalue weighted by Crippen LogP contribution is -2.00. The van der Waals surface area contributed by atoms with Crippen LogP contribution in [0.15, 0.2) is 29.9 Å². The van der Waals surface area contributed by atoms with E-state index in [9.17, 15) is 5.11 Å². The summed E-state index contributed by atoms with van der Waals surface area (Å²) in [5.41, 5.74) is 5.04. The molecule has 1 atom stereocenters. The van der Waals surface area contributed by atoms with Crippen LogP contribution in [0.3, 0.4) is 0 Å². The molecule has 2 rings (SSSR count). The van der Waals surface area contributed by atoms with Crippen LogP contribution >= 0.6 is 11.3 Å². The molecule has 0 aliphatic rings. The van der Waals surface area contributed by atoms with E-state index in [1.54, 1.807) is 11.7 Å². The van der Waals surface area contributed by atoms with E-state index in [0.29, 0.717) is 0 Å². The van der Waals surface area contributed by atoms with E-state index in [1.165, 1.54) is 16.9 Å². The Labute approximate surface area is 93.2 Å². The highest BCUT2D eigenvalue weighted by Gasteiger charge is 2.13. The molecular weight excluding hydrogens is 206 g/mol. The predicted molar refractivity (Wildman–Crippen MR) is 62.1 cm³/mol. The Morgan fingerprint density at radius 2 is 2.13 bits per heavy atom. The molecule has 2 aromatic rings. The first-order valence-electron chi connectivity index (χ1n) is 4.82. The van der Waals surface area contributed by atoms with Crippen LogP contribution < -0.4 is 0 Å². The minimum Gasteiger partial charge on any atom is -0.383 e. The lowest BCUT2D eigenvalue weighted by Gasteiger charge is -2.12. The number of benzene rings is 1. The molecule has 2 nitrogen and oxygen atoms in total. The van der Waals surface area contributed by atoms with Crippen molar-refractivity contribution in [3.05, 3.63) is 51.5 Å². The van der Waals surface area contributed by atoms with Gasteiger partial charge >= 0.3 is 0 Å². The Balaban J connectivity index is 2.38. The number of hydrogen-bond acceptors (Lipinski definition) is 3. The van der Waals surface area contributed by atoms with Gasteiger partial charge in [0.2, 0.25) is 0 Å². The Bertz CT molecular complexity index is 451. The van der Waals surface area contributed by atoms with Gasteiger partial charge in [-0.25, -0.2) is 0 Å². The Morgan fingerprint density at radius 3 is 2.73 bits per heavy atom. The number of hydrogen-bond donors (Lipinski definition) is 1. The second kappa shape index (κ2) is 4.13. The summed E-state index contributed by atoms with van der Waals surface area (Å²) in [5, 5.41) is 10.1. The number of aliphatic hydroxyl groups is 1. The lowest BCUT2D eigenvalue weighted by atomic mass is 10.0. The first kappa shape index (κ1) is 10.3. The van der Waals surface area contributed by atoms with Gasteiger partial charge in [-0.05, 0) is 25.0 Å². The summed E-state index contributed by atoms with van der Waals surface area (Å²) in [6, 6.07) is 6.08. The molecule has 1 heterocycles. The van der Waals surface area contributed by atoms with E-state index < -0.39 is 6.10 Å². The summed E-state index contributed by atoms with van der Waals surface area (Å²) in [4.78, 5) is 4.87. The van der Waals surface area contributed by atoms with Gasteiger partial charge in [0.05, 0.1) is 10.4 Å². The third-order valence-corrected chi connectivity index (χ3v) is 3.27. The molecule has 0 radical (unpaired) electrons. The van der Waals surface area contributed by atoms with E-state index in [1.807, 2.05) is 19.1 Å². The quantitative estimate of drug-likeness (QED) is 0.842. The van der Waals surface area contributed by atoms with Crippen molar-refractivity contribution in [3.63, 3.8) is 0 Å². The number of nitrogens with zero attached hydrogens (tertiary/aromatic N) is 1. The SMILES string of the molecule is Cc1ccc(C(O)c2cncs2)c(C)c1. The fraction of sp³-hybridized carbons (Fsp3) is 0.250. The van der Waals surface area contributed by atoms with Crippen LogP contribution in [-0.4, -0.2) is 10.1 Å². The van der Waals surface area contributed by atoms with E-state index in [2.05, 4.69) is 18.0 Å². The zero-order chi connectivity index (χ0) is 10.8. The normalized spacial score (nSPS) is 12.7. The highest BCUT2D eigenvalue weighted by atomic mass is 32.1. The van der Waals surface area contributed by atoms with E-state index >= 15 is 0 Å². The summed E-state index contributed by atoms with van der Waals surface area (Å²) < 4.78 is 0. The molecule has 0 fully saturated rings. The maximum absolute atomic E-state index is 10.1. The average Bonchev–Trinajstić information content (AvgIpc) is 2.69. The molecule has 0 saturated heterocycles. The zero-order valence-electron chi connectivity index (χ0n) is 8.77. The van der Waals surface area contributed by atoms with Gasteiger partial charge in [-0.2, -0.15) is 0 Å². The van der Waals surface area contributed by atoms with Crippen molar-refractivity contribution in [2.45, 2.75) is 20.0 Å². The minimum atomic E-state index is -0.543. The largest absolute Gasteiger partial charge is 0.383 e. The molecule has 1 unspecified atom stereocenters. The third kappa shape index (κ3) is 2.08. The standard InChI is InChI=1S/C12H13NOS/c1-8-3-4-10(9(2)5-8)12(14)11-6-13-7-15-11/h3-7,12,14H,1-2H3. The van der Waals surface area contributed by atoms with Gasteiger partial charge in [-0.1, -0.05) is 23.8 Å². The average molecular weight is 219 g/mol. The van der Waals surface area contributed by atoms with Crippen molar-refractivity contribution in [1.29, 1.82) is 0 Å². The van der Waals surface area contributed by atoms with E-state index in [-0.39, 0.29) is 0 Å². The van der Waals surface area contributed by atoms with Crippen molar-refractivity contribution >= 4 is 11.3 Å². The Hall–Kier alpha value is -1.19. The first-order valence-corrected chi connectivity index (χ1v) is 5.70. The first-order chi connectivity index (χ1) is 7.18. The number of rotatable bonds is 2. The summed E-state index contributed by atoms with van der Waals surface area (Å²) in [5.74, 6) is 0. The molecule has 78 valence electrons. The maximum Gasteiger partial charge on any atom is 0.115 e. The van der Waals surface area contributed by atoms with Crippen molar-refractivity contribution in [2.24, 2.45) is 0 Å². The number of aryl methyl sites for hydroxylation is 2. The topological polar surface area (TPSA) is 33.1 Å². The smallest absolute Gasteiger partial charge is 0.115 e. The Morgan fingerprint density at radius 1 is 1.33 bits per heavy atom. The molecule has 0 saturated carbocycles. The van der Waals surface area contributed by atoms with Crippen molar-refractivity contribution in [1.82, 2.24) is 4.98 Å². The number of aromatic nitrogens is 1. The predicted octanol–water partition coefficient (Wildman–Crippen LogP) is 2.84. The van der Waals surface area contributed by atoms with Gasteiger partial charge in [-0.3, -0.25) is 4.98 Å². The summed E-state index contributed by atoms with van der Waals surface area (Å²) in [7, 11) is 0. The number of aliphatic hydroxyl groups excluding tert-OH is 1. The van der Waals surface area contributed by atoms with Crippen molar-refractivity contribution < 1.29 is 5.11 Å². The summed E-state index contributed by atoms with van der Waals surface area (Å²) >= 11 is 1.48. The van der Waals surface area contributed by atoms with Crippen LogP contribution in [0, 0.1) is 13.8 Å². The highest BCUT2D eigenvalue weighted by Crippen LogP contribution is 2.27. The minimum absolute atomic E-state index is 0.543. The summed E-state index contributed by atoms with van der Waals surface area (Å²) in [6.07, 6.45) is 1.17. The highest BCUT2D eigenvalue weighted by molar-refractivity contribution is 7.09. The molecule has 0 amide bonds. The molecule has 1 N–H and O–H groups in total. The fourth-order valence-electron chi connectivity index (χ4n) is 1.65. The molecule has 0 aliphatic carbocycles. The summed E-state index contributed by atoms with van der Waals surface area (Å²) in [6.45, 7) is 4.07. The van der Waals surface area contributed by atoms with Gasteiger partial charge in [-0.15, -0.1) is 11.3 Å². The Kier molecular flexibility index (Phi) is 2.84.